The molecule has 0 fully saturated rings. The number of hydrogen-bond acceptors (Lipinski definition) is 4. The second-order valence-corrected chi connectivity index (χ2v) is 5.14. The van der Waals surface area contributed by atoms with Gasteiger partial charge in [0, 0.05) is 25.2 Å². The van der Waals surface area contributed by atoms with Crippen LogP contribution in [-0.2, 0) is 13.0 Å². The summed E-state index contributed by atoms with van der Waals surface area (Å²) >= 11 is 0. The molecule has 0 bridgehead atoms. The molecule has 114 valence electrons. The largest absolute Gasteiger partial charge is 0.508 e. The van der Waals surface area contributed by atoms with Crippen molar-refractivity contribution >= 4 is 0 Å². The molecule has 0 atom stereocenters. The van der Waals surface area contributed by atoms with Crippen molar-refractivity contribution in [3.05, 3.63) is 29.3 Å². The van der Waals surface area contributed by atoms with E-state index in [-0.39, 0.29) is 19.0 Å². The number of aryl methyl sites for hydroxylation is 1. The minimum Gasteiger partial charge on any atom is -0.508 e. The summed E-state index contributed by atoms with van der Waals surface area (Å²) in [5.41, 5.74) is 2.10. The maximum atomic E-state index is 9.94. The van der Waals surface area contributed by atoms with Crippen LogP contribution in [0.5, 0.6) is 5.75 Å². The summed E-state index contributed by atoms with van der Waals surface area (Å²) in [6, 6.07) is 5.75. The lowest BCUT2D eigenvalue weighted by molar-refractivity contribution is 0.155. The number of phenolic OH excluding ortho intramolecular Hbond substituents is 1. The van der Waals surface area contributed by atoms with Crippen LogP contribution >= 0.6 is 0 Å². The Hall–Kier alpha value is -1.10. The van der Waals surface area contributed by atoms with Gasteiger partial charge in [-0.2, -0.15) is 0 Å². The van der Waals surface area contributed by atoms with Crippen molar-refractivity contribution in [3.63, 3.8) is 0 Å². The van der Waals surface area contributed by atoms with Crippen LogP contribution in [0.4, 0.5) is 0 Å². The normalized spacial score (nSPS) is 11.2. The summed E-state index contributed by atoms with van der Waals surface area (Å²) in [5.74, 6) is 0.283. The highest BCUT2D eigenvalue weighted by Gasteiger charge is 2.09. The van der Waals surface area contributed by atoms with Crippen molar-refractivity contribution in [3.8, 4) is 5.75 Å². The number of aromatic hydroxyl groups is 1. The Morgan fingerprint density at radius 3 is 2.35 bits per heavy atom. The molecule has 4 heteroatoms. The molecule has 0 saturated heterocycles. The topological polar surface area (TPSA) is 63.9 Å². The minimum absolute atomic E-state index is 0.0525. The van der Waals surface area contributed by atoms with Gasteiger partial charge in [-0.05, 0) is 24.5 Å². The van der Waals surface area contributed by atoms with Crippen LogP contribution in [0.25, 0.3) is 0 Å². The fraction of sp³-hybridized carbons (Fsp3) is 0.625. The standard InChI is InChI=1S/C16H27NO3/c1-2-3-4-5-14-6-7-16(20)15(12-14)13-17(8-10-18)9-11-19/h6-7,12,18-20H,2-5,8-11,13H2,1H3. The van der Waals surface area contributed by atoms with Crippen molar-refractivity contribution in [2.24, 2.45) is 0 Å². The summed E-state index contributed by atoms with van der Waals surface area (Å²) in [4.78, 5) is 1.94. The molecular formula is C16H27NO3. The van der Waals surface area contributed by atoms with Crippen molar-refractivity contribution in [2.45, 2.75) is 39.2 Å². The van der Waals surface area contributed by atoms with E-state index in [0.29, 0.717) is 19.6 Å². The third kappa shape index (κ3) is 5.90. The van der Waals surface area contributed by atoms with Gasteiger partial charge < -0.3 is 15.3 Å². The molecule has 1 rings (SSSR count). The lowest BCUT2D eigenvalue weighted by Crippen LogP contribution is -2.29. The first-order chi connectivity index (χ1) is 9.71. The van der Waals surface area contributed by atoms with Gasteiger partial charge in [0.05, 0.1) is 13.2 Å². The number of phenols is 1. The SMILES string of the molecule is CCCCCc1ccc(O)c(CN(CCO)CCO)c1. The van der Waals surface area contributed by atoms with Crippen molar-refractivity contribution in [2.75, 3.05) is 26.3 Å². The number of rotatable bonds is 10. The second kappa shape index (κ2) is 9.75. The molecule has 3 N–H and O–H groups in total. The van der Waals surface area contributed by atoms with Gasteiger partial charge in [-0.1, -0.05) is 31.9 Å². The van der Waals surface area contributed by atoms with Gasteiger partial charge in [0.1, 0.15) is 5.75 Å². The van der Waals surface area contributed by atoms with Crippen molar-refractivity contribution in [1.82, 2.24) is 4.90 Å². The Labute approximate surface area is 121 Å². The monoisotopic (exact) mass is 281 g/mol. The number of nitrogens with zero attached hydrogens (tertiary/aromatic N) is 1. The van der Waals surface area contributed by atoms with Gasteiger partial charge in [0.15, 0.2) is 0 Å². The van der Waals surface area contributed by atoms with Gasteiger partial charge in [-0.3, -0.25) is 4.90 Å². The molecule has 0 spiro atoms. The molecule has 0 aromatic heterocycles. The first-order valence-corrected chi connectivity index (χ1v) is 7.46. The maximum absolute atomic E-state index is 9.94. The zero-order valence-electron chi connectivity index (χ0n) is 12.4. The molecule has 0 heterocycles. The van der Waals surface area contributed by atoms with Crippen LogP contribution in [0.15, 0.2) is 18.2 Å². The Kier molecular flexibility index (Phi) is 8.26. The van der Waals surface area contributed by atoms with Crippen LogP contribution in [0.1, 0.15) is 37.3 Å². The van der Waals surface area contributed by atoms with E-state index in [1.54, 1.807) is 6.07 Å². The summed E-state index contributed by atoms with van der Waals surface area (Å²) < 4.78 is 0. The predicted octanol–water partition coefficient (Wildman–Crippen LogP) is 1.91. The van der Waals surface area contributed by atoms with E-state index in [9.17, 15) is 5.11 Å². The van der Waals surface area contributed by atoms with E-state index in [1.807, 2.05) is 17.0 Å². The molecule has 20 heavy (non-hydrogen) atoms. The lowest BCUT2D eigenvalue weighted by atomic mass is 10.0. The van der Waals surface area contributed by atoms with Gasteiger partial charge in [0.25, 0.3) is 0 Å². The number of aliphatic hydroxyl groups excluding tert-OH is 2. The van der Waals surface area contributed by atoms with E-state index in [0.717, 1.165) is 18.4 Å². The van der Waals surface area contributed by atoms with Crippen LogP contribution in [0.2, 0.25) is 0 Å². The number of benzene rings is 1. The molecular weight excluding hydrogens is 254 g/mol. The van der Waals surface area contributed by atoms with Gasteiger partial charge in [-0.25, -0.2) is 0 Å². The molecule has 0 aliphatic heterocycles. The van der Waals surface area contributed by atoms with E-state index in [2.05, 4.69) is 6.92 Å². The Morgan fingerprint density at radius 2 is 1.75 bits per heavy atom. The van der Waals surface area contributed by atoms with Crippen LogP contribution in [-0.4, -0.2) is 46.5 Å². The molecule has 0 radical (unpaired) electrons. The highest BCUT2D eigenvalue weighted by atomic mass is 16.3. The van der Waals surface area contributed by atoms with E-state index in [4.69, 9.17) is 10.2 Å². The molecule has 4 nitrogen and oxygen atoms in total. The Morgan fingerprint density at radius 1 is 1.05 bits per heavy atom. The summed E-state index contributed by atoms with van der Waals surface area (Å²) in [6.07, 6.45) is 4.61. The molecule has 0 unspecified atom stereocenters. The van der Waals surface area contributed by atoms with Crippen molar-refractivity contribution in [1.29, 1.82) is 0 Å². The average molecular weight is 281 g/mol. The Bertz CT molecular complexity index is 376. The van der Waals surface area contributed by atoms with Crippen LogP contribution in [0, 0.1) is 0 Å². The van der Waals surface area contributed by atoms with E-state index < -0.39 is 0 Å². The molecule has 0 aliphatic rings. The third-order valence-electron chi connectivity index (χ3n) is 3.44. The zero-order chi connectivity index (χ0) is 14.8. The highest BCUT2D eigenvalue weighted by molar-refractivity contribution is 5.36. The summed E-state index contributed by atoms with van der Waals surface area (Å²) in [5, 5.41) is 28.0. The zero-order valence-corrected chi connectivity index (χ0v) is 12.4. The molecule has 0 saturated carbocycles. The van der Waals surface area contributed by atoms with Gasteiger partial charge >= 0.3 is 0 Å². The average Bonchev–Trinajstić information content (AvgIpc) is 2.43. The molecule has 0 amide bonds. The van der Waals surface area contributed by atoms with Crippen molar-refractivity contribution < 1.29 is 15.3 Å². The molecule has 0 aliphatic carbocycles. The fourth-order valence-corrected chi connectivity index (χ4v) is 2.29. The second-order valence-electron chi connectivity index (χ2n) is 5.14. The molecule has 1 aromatic rings. The van der Waals surface area contributed by atoms with E-state index >= 15 is 0 Å². The minimum atomic E-state index is 0.0525. The predicted molar refractivity (Wildman–Crippen MR) is 80.8 cm³/mol. The summed E-state index contributed by atoms with van der Waals surface area (Å²) in [6.45, 7) is 3.84. The third-order valence-corrected chi connectivity index (χ3v) is 3.44. The first kappa shape index (κ1) is 17.0. The van der Waals surface area contributed by atoms with Crippen LogP contribution in [0.3, 0.4) is 0 Å². The first-order valence-electron chi connectivity index (χ1n) is 7.46. The highest BCUT2D eigenvalue weighted by Crippen LogP contribution is 2.21. The molecule has 1 aromatic carbocycles. The quantitative estimate of drug-likeness (QED) is 0.573. The Balaban J connectivity index is 2.68. The number of hydrogen-bond donors (Lipinski definition) is 3. The van der Waals surface area contributed by atoms with Gasteiger partial charge in [-0.15, -0.1) is 0 Å². The smallest absolute Gasteiger partial charge is 0.120 e. The number of unbranched alkanes of at least 4 members (excludes halogenated alkanes) is 2. The van der Waals surface area contributed by atoms with Crippen LogP contribution < -0.4 is 0 Å². The van der Waals surface area contributed by atoms with Gasteiger partial charge in [0.2, 0.25) is 0 Å². The number of aliphatic hydroxyl groups is 2. The summed E-state index contributed by atoms with van der Waals surface area (Å²) in [7, 11) is 0. The lowest BCUT2D eigenvalue weighted by Gasteiger charge is -2.21. The fourth-order valence-electron chi connectivity index (χ4n) is 2.29. The van der Waals surface area contributed by atoms with E-state index in [1.165, 1.54) is 18.4 Å². The maximum Gasteiger partial charge on any atom is 0.120 e.